The van der Waals surface area contributed by atoms with Crippen LogP contribution in [0.25, 0.3) is 0 Å². The van der Waals surface area contributed by atoms with Crippen molar-refractivity contribution in [3.63, 3.8) is 0 Å². The van der Waals surface area contributed by atoms with Crippen molar-refractivity contribution in [1.82, 2.24) is 0 Å². The number of ether oxygens (including phenoxy) is 1. The molecule has 0 saturated heterocycles. The summed E-state index contributed by atoms with van der Waals surface area (Å²) >= 11 is 6.05. The molecule has 0 heterocycles. The summed E-state index contributed by atoms with van der Waals surface area (Å²) in [6.45, 7) is 0. The fraction of sp³-hybridized carbons (Fsp3) is 0.250. The summed E-state index contributed by atoms with van der Waals surface area (Å²) < 4.78 is 39.9. The third-order valence-electron chi connectivity index (χ3n) is 1.51. The molecule has 7 heteroatoms. The van der Waals surface area contributed by atoms with Crippen LogP contribution in [-0.4, -0.2) is 6.36 Å². The summed E-state index contributed by atoms with van der Waals surface area (Å²) in [5.74, 6) is -0.336. The highest BCUT2D eigenvalue weighted by atomic mass is 79.9. The van der Waals surface area contributed by atoms with Crippen LogP contribution in [0.1, 0.15) is 5.56 Å². The molecule has 0 spiro atoms. The van der Waals surface area contributed by atoms with Gasteiger partial charge in [-0.2, -0.15) is 0 Å². The summed E-state index contributed by atoms with van der Waals surface area (Å²) in [5.41, 5.74) is 6.31. The second-order valence-electron chi connectivity index (χ2n) is 2.68. The van der Waals surface area contributed by atoms with Crippen LogP contribution in [0.15, 0.2) is 16.6 Å². The Morgan fingerprint density at radius 3 is 2.40 bits per heavy atom. The monoisotopic (exact) mass is 347 g/mol. The fourth-order valence-corrected chi connectivity index (χ4v) is 1.59. The first-order chi connectivity index (χ1) is 6.83. The van der Waals surface area contributed by atoms with Gasteiger partial charge in [-0.25, -0.2) is 0 Å². The molecule has 1 aromatic carbocycles. The largest absolute Gasteiger partial charge is 0.573 e. The second kappa shape index (κ2) is 4.61. The number of rotatable bonds is 2. The zero-order valence-corrected chi connectivity index (χ0v) is 10.4. The highest BCUT2D eigenvalue weighted by Crippen LogP contribution is 2.36. The minimum Gasteiger partial charge on any atom is -0.404 e. The van der Waals surface area contributed by atoms with E-state index in [0.29, 0.717) is 10.9 Å². The lowest BCUT2D eigenvalue weighted by Crippen LogP contribution is -2.17. The fourth-order valence-electron chi connectivity index (χ4n) is 0.955. The highest BCUT2D eigenvalue weighted by molar-refractivity contribution is 9.10. The average molecular weight is 349 g/mol. The number of hydrogen-bond acceptors (Lipinski definition) is 2. The molecule has 0 aliphatic heterocycles. The third kappa shape index (κ3) is 3.57. The van der Waals surface area contributed by atoms with Crippen LogP contribution >= 0.6 is 31.9 Å². The van der Waals surface area contributed by atoms with Gasteiger partial charge in [0.25, 0.3) is 0 Å². The van der Waals surface area contributed by atoms with Crippen LogP contribution in [0.5, 0.6) is 5.75 Å². The molecule has 1 aromatic rings. The molecule has 1 rings (SSSR count). The predicted octanol–water partition coefficient (Wildman–Crippen LogP) is 3.82. The zero-order valence-electron chi connectivity index (χ0n) is 7.24. The van der Waals surface area contributed by atoms with E-state index in [-0.39, 0.29) is 15.9 Å². The molecule has 0 saturated carbocycles. The number of hydrogen-bond donors (Lipinski definition) is 1. The first-order valence-corrected chi connectivity index (χ1v) is 5.64. The van der Waals surface area contributed by atoms with Crippen molar-refractivity contribution in [3.8, 4) is 5.75 Å². The molecule has 0 aromatic heterocycles. The Hall–Kier alpha value is -0.430. The SMILES string of the molecule is Nc1cc(CBr)cc(OC(F)(F)F)c1Br. The molecule has 0 amide bonds. The van der Waals surface area contributed by atoms with E-state index < -0.39 is 6.36 Å². The van der Waals surface area contributed by atoms with E-state index in [1.54, 1.807) is 6.07 Å². The summed E-state index contributed by atoms with van der Waals surface area (Å²) in [6.07, 6.45) is -4.72. The van der Waals surface area contributed by atoms with E-state index in [4.69, 9.17) is 5.73 Å². The molecular weight excluding hydrogens is 343 g/mol. The lowest BCUT2D eigenvalue weighted by molar-refractivity contribution is -0.274. The van der Waals surface area contributed by atoms with E-state index in [1.165, 1.54) is 6.07 Å². The lowest BCUT2D eigenvalue weighted by atomic mass is 10.2. The van der Waals surface area contributed by atoms with Gasteiger partial charge in [0.15, 0.2) is 0 Å². The van der Waals surface area contributed by atoms with Gasteiger partial charge in [0.2, 0.25) is 0 Å². The van der Waals surface area contributed by atoms with Crippen LogP contribution in [0.4, 0.5) is 18.9 Å². The molecule has 0 radical (unpaired) electrons. The molecule has 84 valence electrons. The zero-order chi connectivity index (χ0) is 11.6. The van der Waals surface area contributed by atoms with E-state index in [2.05, 4.69) is 36.6 Å². The quantitative estimate of drug-likeness (QED) is 0.651. The maximum atomic E-state index is 12.0. The number of nitrogen functional groups attached to an aromatic ring is 1. The Labute approximate surface area is 101 Å². The van der Waals surface area contributed by atoms with Gasteiger partial charge in [-0.15, -0.1) is 13.2 Å². The first kappa shape index (κ1) is 12.6. The maximum Gasteiger partial charge on any atom is 0.573 e. The Morgan fingerprint density at radius 1 is 1.33 bits per heavy atom. The van der Waals surface area contributed by atoms with E-state index in [9.17, 15) is 13.2 Å². The Bertz CT molecular complexity index is 368. The molecule has 0 aliphatic rings. The lowest BCUT2D eigenvalue weighted by Gasteiger charge is -2.12. The number of alkyl halides is 4. The molecule has 15 heavy (non-hydrogen) atoms. The van der Waals surface area contributed by atoms with Gasteiger partial charge in [-0.1, -0.05) is 15.9 Å². The number of nitrogens with two attached hydrogens (primary N) is 1. The maximum absolute atomic E-state index is 12.0. The Kier molecular flexibility index (Phi) is 3.88. The van der Waals surface area contributed by atoms with E-state index >= 15 is 0 Å². The number of benzene rings is 1. The molecule has 0 atom stereocenters. The number of anilines is 1. The first-order valence-electron chi connectivity index (χ1n) is 3.73. The smallest absolute Gasteiger partial charge is 0.404 e. The van der Waals surface area contributed by atoms with Gasteiger partial charge in [-0.05, 0) is 33.6 Å². The van der Waals surface area contributed by atoms with Gasteiger partial charge in [0, 0.05) is 11.0 Å². The highest BCUT2D eigenvalue weighted by Gasteiger charge is 2.32. The van der Waals surface area contributed by atoms with Crippen LogP contribution in [0, 0.1) is 0 Å². The van der Waals surface area contributed by atoms with Gasteiger partial charge < -0.3 is 10.5 Å². The standard InChI is InChI=1S/C8H6Br2F3NO/c9-3-4-1-5(14)7(10)6(2-4)15-8(11,12)13/h1-2H,3,14H2. The van der Waals surface area contributed by atoms with Gasteiger partial charge in [0.05, 0.1) is 4.47 Å². The molecule has 2 nitrogen and oxygen atoms in total. The molecular formula is C8H6Br2F3NO. The topological polar surface area (TPSA) is 35.2 Å². The summed E-state index contributed by atoms with van der Waals surface area (Å²) in [6, 6.07) is 2.82. The van der Waals surface area contributed by atoms with Crippen molar-refractivity contribution in [3.05, 3.63) is 22.2 Å². The van der Waals surface area contributed by atoms with Crippen molar-refractivity contribution in [2.45, 2.75) is 11.7 Å². The van der Waals surface area contributed by atoms with Crippen molar-refractivity contribution >= 4 is 37.5 Å². The normalized spacial score (nSPS) is 11.5. The van der Waals surface area contributed by atoms with E-state index in [0.717, 1.165) is 0 Å². The minimum atomic E-state index is -4.72. The Morgan fingerprint density at radius 2 is 1.93 bits per heavy atom. The summed E-state index contributed by atoms with van der Waals surface area (Å²) in [4.78, 5) is 0. The molecule has 0 bridgehead atoms. The van der Waals surface area contributed by atoms with Gasteiger partial charge >= 0.3 is 6.36 Å². The van der Waals surface area contributed by atoms with Crippen molar-refractivity contribution in [2.24, 2.45) is 0 Å². The predicted molar refractivity (Wildman–Crippen MR) is 57.9 cm³/mol. The van der Waals surface area contributed by atoms with Crippen LogP contribution in [0.2, 0.25) is 0 Å². The summed E-state index contributed by atoms with van der Waals surface area (Å²) in [5, 5.41) is 0.401. The Balaban J connectivity index is 3.11. The molecule has 0 fully saturated rings. The van der Waals surface area contributed by atoms with E-state index in [1.807, 2.05) is 0 Å². The van der Waals surface area contributed by atoms with Crippen LogP contribution in [-0.2, 0) is 5.33 Å². The molecule has 2 N–H and O–H groups in total. The second-order valence-corrected chi connectivity index (χ2v) is 4.03. The van der Waals surface area contributed by atoms with Gasteiger partial charge in [-0.3, -0.25) is 0 Å². The summed E-state index contributed by atoms with van der Waals surface area (Å²) in [7, 11) is 0. The average Bonchev–Trinajstić information content (AvgIpc) is 2.10. The molecule has 0 aliphatic carbocycles. The minimum absolute atomic E-state index is 0.101. The van der Waals surface area contributed by atoms with Crippen molar-refractivity contribution in [2.75, 3.05) is 5.73 Å². The molecule has 0 unspecified atom stereocenters. The van der Waals surface area contributed by atoms with Crippen molar-refractivity contribution < 1.29 is 17.9 Å². The number of halogens is 5. The van der Waals surface area contributed by atoms with Crippen LogP contribution < -0.4 is 10.5 Å². The van der Waals surface area contributed by atoms with Gasteiger partial charge in [0.1, 0.15) is 5.75 Å². The van der Waals surface area contributed by atoms with Crippen LogP contribution in [0.3, 0.4) is 0 Å². The van der Waals surface area contributed by atoms with Crippen molar-refractivity contribution in [1.29, 1.82) is 0 Å². The third-order valence-corrected chi connectivity index (χ3v) is 3.00.